The van der Waals surface area contributed by atoms with E-state index in [9.17, 15) is 13.2 Å². The summed E-state index contributed by atoms with van der Waals surface area (Å²) in [6, 6.07) is 1.56. The highest BCUT2D eigenvalue weighted by molar-refractivity contribution is 5.20. The first-order valence-electron chi connectivity index (χ1n) is 5.94. The Bertz CT molecular complexity index is 589. The molecule has 0 spiro atoms. The summed E-state index contributed by atoms with van der Waals surface area (Å²) in [7, 11) is 0. The van der Waals surface area contributed by atoms with Crippen LogP contribution in [0.1, 0.15) is 35.9 Å². The van der Waals surface area contributed by atoms with Crippen molar-refractivity contribution in [3.8, 4) is 0 Å². The van der Waals surface area contributed by atoms with Crippen molar-refractivity contribution in [1.29, 1.82) is 0 Å². The van der Waals surface area contributed by atoms with Crippen LogP contribution in [0.15, 0.2) is 29.1 Å². The van der Waals surface area contributed by atoms with Gasteiger partial charge in [-0.25, -0.2) is 18.2 Å². The summed E-state index contributed by atoms with van der Waals surface area (Å²) in [5, 5.41) is 0. The Labute approximate surface area is 107 Å². The number of alkyl halides is 2. The number of pyridine rings is 1. The number of nitrogens with zero attached hydrogens (tertiary/aromatic N) is 2. The first-order chi connectivity index (χ1) is 9.03. The zero-order valence-corrected chi connectivity index (χ0v) is 9.94. The van der Waals surface area contributed by atoms with E-state index in [1.165, 1.54) is 12.5 Å². The number of hydrogen-bond acceptors (Lipinski definition) is 3. The van der Waals surface area contributed by atoms with Gasteiger partial charge in [-0.3, -0.25) is 4.98 Å². The van der Waals surface area contributed by atoms with E-state index in [1.807, 2.05) is 0 Å². The van der Waals surface area contributed by atoms with Crippen LogP contribution in [0.4, 0.5) is 13.2 Å². The van der Waals surface area contributed by atoms with Crippen molar-refractivity contribution in [2.24, 2.45) is 0 Å². The lowest BCUT2D eigenvalue weighted by Crippen LogP contribution is -2.33. The van der Waals surface area contributed by atoms with Crippen molar-refractivity contribution < 1.29 is 17.6 Å². The van der Waals surface area contributed by atoms with Crippen molar-refractivity contribution in [3.63, 3.8) is 0 Å². The van der Waals surface area contributed by atoms with Crippen molar-refractivity contribution in [3.05, 3.63) is 47.7 Å². The Morgan fingerprint density at radius 3 is 2.84 bits per heavy atom. The largest absolute Gasteiger partial charge is 0.448 e. The molecule has 1 fully saturated rings. The molecule has 3 nitrogen and oxygen atoms in total. The van der Waals surface area contributed by atoms with Crippen LogP contribution >= 0.6 is 0 Å². The van der Waals surface area contributed by atoms with E-state index < -0.39 is 11.7 Å². The second kappa shape index (κ2) is 4.36. The fourth-order valence-corrected chi connectivity index (χ4v) is 2.17. The molecule has 0 amide bonds. The maximum absolute atomic E-state index is 13.4. The highest BCUT2D eigenvalue weighted by Gasteiger charge is 2.48. The molecule has 19 heavy (non-hydrogen) atoms. The molecule has 1 aliphatic carbocycles. The number of halogens is 3. The molecule has 0 N–H and O–H groups in total. The van der Waals surface area contributed by atoms with Gasteiger partial charge in [-0.2, -0.15) is 0 Å². The third-order valence-electron chi connectivity index (χ3n) is 3.24. The van der Waals surface area contributed by atoms with Crippen molar-refractivity contribution in [2.45, 2.75) is 31.1 Å². The van der Waals surface area contributed by atoms with Gasteiger partial charge in [0.15, 0.2) is 5.89 Å². The van der Waals surface area contributed by atoms with Crippen LogP contribution in [-0.4, -0.2) is 15.9 Å². The minimum absolute atomic E-state index is 0.226. The molecule has 6 heteroatoms. The number of hydrogen-bond donors (Lipinski definition) is 0. The third kappa shape index (κ3) is 2.47. The van der Waals surface area contributed by atoms with Gasteiger partial charge in [-0.15, -0.1) is 0 Å². The third-order valence-corrected chi connectivity index (χ3v) is 3.24. The zero-order valence-electron chi connectivity index (χ0n) is 9.94. The lowest BCUT2D eigenvalue weighted by Gasteiger charge is -2.32. The number of rotatable bonds is 3. The summed E-state index contributed by atoms with van der Waals surface area (Å²) in [4.78, 5) is 7.80. The first-order valence-corrected chi connectivity index (χ1v) is 5.94. The fraction of sp³-hybridized carbons (Fsp3) is 0.385. The van der Waals surface area contributed by atoms with E-state index in [0.717, 1.165) is 6.20 Å². The molecular formula is C13H11F3N2O. The van der Waals surface area contributed by atoms with E-state index in [-0.39, 0.29) is 25.2 Å². The Kier molecular flexibility index (Phi) is 2.80. The van der Waals surface area contributed by atoms with Crippen molar-refractivity contribution in [2.75, 3.05) is 0 Å². The maximum atomic E-state index is 13.4. The average Bonchev–Trinajstić information content (AvgIpc) is 2.77. The highest BCUT2D eigenvalue weighted by atomic mass is 19.3. The van der Waals surface area contributed by atoms with E-state index in [0.29, 0.717) is 17.1 Å². The van der Waals surface area contributed by atoms with Gasteiger partial charge >= 0.3 is 0 Å². The monoisotopic (exact) mass is 268 g/mol. The summed E-state index contributed by atoms with van der Waals surface area (Å²) in [5.41, 5.74) is 0.990. The quantitative estimate of drug-likeness (QED) is 0.857. The van der Waals surface area contributed by atoms with Crippen LogP contribution in [-0.2, 0) is 6.42 Å². The average molecular weight is 268 g/mol. The number of oxazole rings is 1. The van der Waals surface area contributed by atoms with Gasteiger partial charge in [0.05, 0.1) is 11.9 Å². The lowest BCUT2D eigenvalue weighted by atomic mass is 9.81. The predicted octanol–water partition coefficient (Wildman–Crippen LogP) is 3.31. The van der Waals surface area contributed by atoms with Gasteiger partial charge in [-0.05, 0) is 11.6 Å². The fourth-order valence-electron chi connectivity index (χ4n) is 2.17. The first kappa shape index (κ1) is 12.2. The van der Waals surface area contributed by atoms with Gasteiger partial charge in [-0.1, -0.05) is 0 Å². The van der Waals surface area contributed by atoms with E-state index in [4.69, 9.17) is 4.42 Å². The van der Waals surface area contributed by atoms with E-state index in [1.54, 1.807) is 6.07 Å². The Balaban J connectivity index is 1.71. The predicted molar refractivity (Wildman–Crippen MR) is 60.4 cm³/mol. The molecular weight excluding hydrogens is 257 g/mol. The van der Waals surface area contributed by atoms with E-state index in [2.05, 4.69) is 9.97 Å². The van der Waals surface area contributed by atoms with Gasteiger partial charge in [0.2, 0.25) is 5.92 Å². The van der Waals surface area contributed by atoms with Crippen LogP contribution in [0.25, 0.3) is 0 Å². The molecule has 2 heterocycles. The Hall–Kier alpha value is -1.85. The molecule has 0 unspecified atom stereocenters. The van der Waals surface area contributed by atoms with Crippen LogP contribution < -0.4 is 0 Å². The summed E-state index contributed by atoms with van der Waals surface area (Å²) >= 11 is 0. The Morgan fingerprint density at radius 2 is 2.16 bits per heavy atom. The maximum Gasteiger partial charge on any atom is 0.249 e. The smallest absolute Gasteiger partial charge is 0.249 e. The SMILES string of the molecule is Fc1cnccc1Cc1coc(C2CC(F)(F)C2)n1. The van der Waals surface area contributed by atoms with Crippen LogP contribution in [0.5, 0.6) is 0 Å². The molecule has 0 atom stereocenters. The molecule has 0 aliphatic heterocycles. The van der Waals surface area contributed by atoms with Gasteiger partial charge in [0.1, 0.15) is 12.1 Å². The molecule has 2 aromatic heterocycles. The highest BCUT2D eigenvalue weighted by Crippen LogP contribution is 2.47. The summed E-state index contributed by atoms with van der Waals surface area (Å²) in [6.45, 7) is 0. The Morgan fingerprint density at radius 1 is 1.37 bits per heavy atom. The molecule has 0 bridgehead atoms. The standard InChI is InChI=1S/C13H11F3N2O/c14-11-6-17-2-1-8(11)3-10-7-19-12(18-10)9-4-13(15,16)5-9/h1-2,6-7,9H,3-5H2. The summed E-state index contributed by atoms with van der Waals surface area (Å²) in [5.74, 6) is -3.03. The molecule has 100 valence electrons. The molecule has 1 saturated carbocycles. The summed E-state index contributed by atoms with van der Waals surface area (Å²) < 4.78 is 44.1. The van der Waals surface area contributed by atoms with Gasteiger partial charge in [0, 0.05) is 31.4 Å². The normalized spacial score (nSPS) is 18.3. The van der Waals surface area contributed by atoms with E-state index >= 15 is 0 Å². The molecule has 1 aliphatic rings. The van der Waals surface area contributed by atoms with Crippen molar-refractivity contribution in [1.82, 2.24) is 9.97 Å². The molecule has 0 aromatic carbocycles. The van der Waals surface area contributed by atoms with Crippen LogP contribution in [0.2, 0.25) is 0 Å². The van der Waals surface area contributed by atoms with Crippen LogP contribution in [0, 0.1) is 5.82 Å². The summed E-state index contributed by atoms with van der Waals surface area (Å²) in [6.07, 6.45) is 3.83. The van der Waals surface area contributed by atoms with Crippen molar-refractivity contribution >= 4 is 0 Å². The van der Waals surface area contributed by atoms with Gasteiger partial charge in [0.25, 0.3) is 0 Å². The lowest BCUT2D eigenvalue weighted by molar-refractivity contribution is -0.0918. The zero-order chi connectivity index (χ0) is 13.5. The number of aromatic nitrogens is 2. The van der Waals surface area contributed by atoms with Gasteiger partial charge < -0.3 is 4.42 Å². The minimum atomic E-state index is -2.60. The second-order valence-corrected chi connectivity index (χ2v) is 4.78. The molecule has 2 aromatic rings. The second-order valence-electron chi connectivity index (χ2n) is 4.78. The molecule has 0 saturated heterocycles. The minimum Gasteiger partial charge on any atom is -0.448 e. The van der Waals surface area contributed by atoms with Crippen LogP contribution in [0.3, 0.4) is 0 Å². The molecule has 3 rings (SSSR count). The topological polar surface area (TPSA) is 38.9 Å². The molecule has 0 radical (unpaired) electrons.